The van der Waals surface area contributed by atoms with Gasteiger partial charge in [0.25, 0.3) is 0 Å². The summed E-state index contributed by atoms with van der Waals surface area (Å²) in [7, 11) is 3.32. The van der Waals surface area contributed by atoms with Gasteiger partial charge in [-0.3, -0.25) is 0 Å². The van der Waals surface area contributed by atoms with Gasteiger partial charge in [0.15, 0.2) is 0 Å². The summed E-state index contributed by atoms with van der Waals surface area (Å²) in [6.45, 7) is 2.10. The quantitative estimate of drug-likeness (QED) is 0.759. The molecule has 0 aromatic heterocycles. The molecule has 2 nitrogen and oxygen atoms in total. The largest absolute Gasteiger partial charge is 0.497 e. The van der Waals surface area contributed by atoms with Crippen molar-refractivity contribution in [1.82, 2.24) is 0 Å². The van der Waals surface area contributed by atoms with Crippen LogP contribution in [0.4, 0.5) is 0 Å². The van der Waals surface area contributed by atoms with E-state index < -0.39 is 0 Å². The van der Waals surface area contributed by atoms with Crippen LogP contribution in [-0.4, -0.2) is 14.2 Å². The third-order valence-corrected chi connectivity index (χ3v) is 2.99. The van der Waals surface area contributed by atoms with Crippen molar-refractivity contribution in [2.75, 3.05) is 14.2 Å². The van der Waals surface area contributed by atoms with Crippen LogP contribution in [0.25, 0.3) is 11.6 Å². The van der Waals surface area contributed by atoms with Crippen LogP contribution in [-0.2, 0) is 0 Å². The molecule has 0 amide bonds. The maximum Gasteiger partial charge on any atom is 0.123 e. The number of hydrogen-bond acceptors (Lipinski definition) is 2. The number of methoxy groups -OCH3 is 2. The predicted octanol–water partition coefficient (Wildman–Crippen LogP) is 4.26. The summed E-state index contributed by atoms with van der Waals surface area (Å²) < 4.78 is 10.6. The fraction of sp³-hybridized carbons (Fsp3) is 0.176. The molecule has 0 spiro atoms. The molecule has 98 valence electrons. The van der Waals surface area contributed by atoms with E-state index in [1.807, 2.05) is 36.4 Å². The zero-order chi connectivity index (χ0) is 13.7. The van der Waals surface area contributed by atoms with E-state index in [4.69, 9.17) is 9.47 Å². The minimum absolute atomic E-state index is 0.798. The Morgan fingerprint density at radius 3 is 2.00 bits per heavy atom. The van der Waals surface area contributed by atoms with E-state index in [-0.39, 0.29) is 0 Å². The lowest BCUT2D eigenvalue weighted by Crippen LogP contribution is -1.88. The highest BCUT2D eigenvalue weighted by Crippen LogP contribution is 2.25. The van der Waals surface area contributed by atoms with Crippen molar-refractivity contribution < 1.29 is 9.47 Å². The Bertz CT molecular complexity index is 549. The van der Waals surface area contributed by atoms with Crippen LogP contribution < -0.4 is 9.47 Å². The van der Waals surface area contributed by atoms with E-state index in [0.717, 1.165) is 17.1 Å². The van der Waals surface area contributed by atoms with Gasteiger partial charge in [-0.2, -0.15) is 0 Å². The third kappa shape index (κ3) is 3.38. The number of hydrogen-bond donors (Lipinski definition) is 0. The van der Waals surface area contributed by atoms with Crippen LogP contribution in [0.15, 0.2) is 48.5 Å². The minimum Gasteiger partial charge on any atom is -0.497 e. The molecule has 2 aromatic rings. The van der Waals surface area contributed by atoms with Gasteiger partial charge in [0, 0.05) is 6.07 Å². The molecule has 0 fully saturated rings. The van der Waals surface area contributed by atoms with Crippen LogP contribution >= 0.6 is 0 Å². The fourth-order valence-corrected chi connectivity index (χ4v) is 1.95. The number of ether oxygens (including phenoxy) is 2. The first-order valence-corrected chi connectivity index (χ1v) is 6.19. The second-order valence-electron chi connectivity index (χ2n) is 4.34. The van der Waals surface area contributed by atoms with Gasteiger partial charge in [-0.05, 0) is 35.8 Å². The van der Waals surface area contributed by atoms with Crippen molar-refractivity contribution in [2.45, 2.75) is 6.92 Å². The van der Waals surface area contributed by atoms with Gasteiger partial charge in [0.2, 0.25) is 0 Å². The summed E-state index contributed by atoms with van der Waals surface area (Å²) in [4.78, 5) is 0. The van der Waals surface area contributed by atoms with Gasteiger partial charge < -0.3 is 9.47 Å². The molecule has 19 heavy (non-hydrogen) atoms. The molecule has 0 aliphatic heterocycles. The van der Waals surface area contributed by atoms with Crippen molar-refractivity contribution in [3.05, 3.63) is 59.7 Å². The normalized spacial score (nSPS) is 11.2. The van der Waals surface area contributed by atoms with Crippen LogP contribution in [0.2, 0.25) is 0 Å². The molecule has 0 saturated heterocycles. The zero-order valence-corrected chi connectivity index (χ0v) is 11.5. The standard InChI is InChI=1S/C17H18O2/c1-13(15-7-5-4-6-8-15)9-14-10-16(18-2)12-17(11-14)19-3/h4-12H,1-3H3/b13-9+. The van der Waals surface area contributed by atoms with Crippen LogP contribution in [0.3, 0.4) is 0 Å². The number of allylic oxidation sites excluding steroid dienone is 1. The molecule has 0 saturated carbocycles. The topological polar surface area (TPSA) is 18.5 Å². The maximum absolute atomic E-state index is 5.28. The number of benzene rings is 2. The van der Waals surface area contributed by atoms with Crippen LogP contribution in [0.5, 0.6) is 11.5 Å². The average Bonchev–Trinajstić information content (AvgIpc) is 2.47. The van der Waals surface area contributed by atoms with Gasteiger partial charge in [-0.1, -0.05) is 36.4 Å². The van der Waals surface area contributed by atoms with Gasteiger partial charge in [-0.25, -0.2) is 0 Å². The Morgan fingerprint density at radius 1 is 0.895 bits per heavy atom. The Hall–Kier alpha value is -2.22. The van der Waals surface area contributed by atoms with Crippen molar-refractivity contribution in [3.63, 3.8) is 0 Å². The zero-order valence-electron chi connectivity index (χ0n) is 11.5. The SMILES string of the molecule is COc1cc(/C=C(\C)c2ccccc2)cc(OC)c1. The summed E-state index contributed by atoms with van der Waals surface area (Å²) >= 11 is 0. The lowest BCUT2D eigenvalue weighted by atomic mass is 10.0. The lowest BCUT2D eigenvalue weighted by molar-refractivity contribution is 0.394. The molecule has 0 aliphatic rings. The molecular formula is C17H18O2. The minimum atomic E-state index is 0.798. The molecular weight excluding hydrogens is 236 g/mol. The summed E-state index contributed by atoms with van der Waals surface area (Å²) in [5.74, 6) is 1.60. The Kier molecular flexibility index (Phi) is 4.24. The number of rotatable bonds is 4. The summed E-state index contributed by atoms with van der Waals surface area (Å²) in [6, 6.07) is 16.2. The van der Waals surface area contributed by atoms with Crippen molar-refractivity contribution in [1.29, 1.82) is 0 Å². The second kappa shape index (κ2) is 6.10. The van der Waals surface area contributed by atoms with Crippen molar-refractivity contribution in [2.24, 2.45) is 0 Å². The second-order valence-corrected chi connectivity index (χ2v) is 4.34. The highest BCUT2D eigenvalue weighted by molar-refractivity contribution is 5.80. The molecule has 0 bridgehead atoms. The summed E-state index contributed by atoms with van der Waals surface area (Å²) in [5.41, 5.74) is 3.48. The van der Waals surface area contributed by atoms with Gasteiger partial charge >= 0.3 is 0 Å². The van der Waals surface area contributed by atoms with E-state index in [0.29, 0.717) is 0 Å². The average molecular weight is 254 g/mol. The van der Waals surface area contributed by atoms with Gasteiger partial charge in [0.05, 0.1) is 14.2 Å². The first kappa shape index (κ1) is 13.2. The van der Waals surface area contributed by atoms with E-state index in [1.165, 1.54) is 11.1 Å². The smallest absolute Gasteiger partial charge is 0.123 e. The highest BCUT2D eigenvalue weighted by Gasteiger charge is 2.01. The molecule has 0 heterocycles. The van der Waals surface area contributed by atoms with Crippen LogP contribution in [0, 0.1) is 0 Å². The molecule has 0 atom stereocenters. The fourth-order valence-electron chi connectivity index (χ4n) is 1.95. The molecule has 0 aliphatic carbocycles. The van der Waals surface area contributed by atoms with Crippen molar-refractivity contribution >= 4 is 11.6 Å². The molecule has 2 aromatic carbocycles. The molecule has 2 heteroatoms. The first-order chi connectivity index (χ1) is 9.22. The van der Waals surface area contributed by atoms with E-state index in [1.54, 1.807) is 14.2 Å². The van der Waals surface area contributed by atoms with Crippen molar-refractivity contribution in [3.8, 4) is 11.5 Å². The summed E-state index contributed by atoms with van der Waals surface area (Å²) in [5, 5.41) is 0. The predicted molar refractivity (Wildman–Crippen MR) is 79.5 cm³/mol. The van der Waals surface area contributed by atoms with E-state index in [9.17, 15) is 0 Å². The molecule has 2 rings (SSSR count). The first-order valence-electron chi connectivity index (χ1n) is 6.19. The maximum atomic E-state index is 5.28. The van der Waals surface area contributed by atoms with Crippen LogP contribution in [0.1, 0.15) is 18.1 Å². The third-order valence-electron chi connectivity index (χ3n) is 2.99. The monoisotopic (exact) mass is 254 g/mol. The summed E-state index contributed by atoms with van der Waals surface area (Å²) in [6.07, 6.45) is 2.13. The van der Waals surface area contributed by atoms with E-state index >= 15 is 0 Å². The Labute approximate surface area is 114 Å². The van der Waals surface area contributed by atoms with E-state index in [2.05, 4.69) is 25.1 Å². The molecule has 0 unspecified atom stereocenters. The highest BCUT2D eigenvalue weighted by atomic mass is 16.5. The lowest BCUT2D eigenvalue weighted by Gasteiger charge is -2.07. The molecule has 0 radical (unpaired) electrons. The van der Waals surface area contributed by atoms with Gasteiger partial charge in [-0.15, -0.1) is 0 Å². The Balaban J connectivity index is 2.37. The van der Waals surface area contributed by atoms with Gasteiger partial charge in [0.1, 0.15) is 11.5 Å². The Morgan fingerprint density at radius 2 is 1.47 bits per heavy atom. The molecule has 0 N–H and O–H groups in total.